The number of benzene rings is 1. The third-order valence-electron chi connectivity index (χ3n) is 3.10. The lowest BCUT2D eigenvalue weighted by Crippen LogP contribution is -2.48. The molecule has 0 heterocycles. The van der Waals surface area contributed by atoms with Gasteiger partial charge in [-0.15, -0.1) is 0 Å². The van der Waals surface area contributed by atoms with Gasteiger partial charge in [0, 0.05) is 17.6 Å². The van der Waals surface area contributed by atoms with Gasteiger partial charge in [0.2, 0.25) is 0 Å². The van der Waals surface area contributed by atoms with Gasteiger partial charge in [-0.05, 0) is 39.8 Å². The number of hydrogen-bond acceptors (Lipinski definition) is 4. The molecular formula is C15H20ClNO4. The number of halogens is 1. The highest BCUT2D eigenvalue weighted by atomic mass is 35.5. The lowest BCUT2D eigenvalue weighted by molar-refractivity contribution is -0.117. The van der Waals surface area contributed by atoms with Crippen LogP contribution in [0.5, 0.6) is 5.75 Å². The van der Waals surface area contributed by atoms with Crippen molar-refractivity contribution in [1.29, 1.82) is 0 Å². The van der Waals surface area contributed by atoms with Gasteiger partial charge in [-0.1, -0.05) is 17.7 Å². The molecule has 0 fully saturated rings. The van der Waals surface area contributed by atoms with Crippen molar-refractivity contribution in [2.24, 2.45) is 0 Å². The maximum absolute atomic E-state index is 12.2. The summed E-state index contributed by atoms with van der Waals surface area (Å²) in [6.07, 6.45) is -0.0775. The van der Waals surface area contributed by atoms with Crippen LogP contribution in [0.25, 0.3) is 0 Å². The average Bonchev–Trinajstić information content (AvgIpc) is 2.34. The molecule has 1 aromatic carbocycles. The summed E-state index contributed by atoms with van der Waals surface area (Å²) in [6, 6.07) is 4.37. The van der Waals surface area contributed by atoms with Gasteiger partial charge in [-0.25, -0.2) is 4.79 Å². The number of amides is 1. The zero-order valence-corrected chi connectivity index (χ0v) is 13.6. The number of ether oxygens (including phenoxy) is 1. The van der Waals surface area contributed by atoms with Crippen molar-refractivity contribution in [2.45, 2.75) is 38.8 Å². The fourth-order valence-corrected chi connectivity index (χ4v) is 1.94. The zero-order chi connectivity index (χ0) is 16.4. The van der Waals surface area contributed by atoms with E-state index in [2.05, 4.69) is 0 Å². The van der Waals surface area contributed by atoms with E-state index in [0.29, 0.717) is 11.3 Å². The molecule has 0 saturated carbocycles. The van der Waals surface area contributed by atoms with Gasteiger partial charge in [-0.2, -0.15) is 0 Å². The van der Waals surface area contributed by atoms with E-state index in [0.717, 1.165) is 4.90 Å². The normalized spacial score (nSPS) is 14.2. The molecule has 116 valence electrons. The first kappa shape index (κ1) is 17.3. The first-order chi connectivity index (χ1) is 9.51. The molecule has 6 heteroatoms. The van der Waals surface area contributed by atoms with Gasteiger partial charge in [0.1, 0.15) is 23.2 Å². The highest BCUT2D eigenvalue weighted by molar-refractivity contribution is 6.30. The molecular weight excluding hydrogens is 294 g/mol. The van der Waals surface area contributed by atoms with E-state index in [1.165, 1.54) is 26.1 Å². The lowest BCUT2D eigenvalue weighted by atomic mass is 9.91. The van der Waals surface area contributed by atoms with Crippen molar-refractivity contribution in [1.82, 2.24) is 4.90 Å². The van der Waals surface area contributed by atoms with Crippen molar-refractivity contribution in [3.8, 4) is 5.75 Å². The van der Waals surface area contributed by atoms with E-state index in [9.17, 15) is 14.7 Å². The minimum absolute atomic E-state index is 0.160. The standard InChI is InChI=1S/C15H20ClNO4/c1-14(2,3)21-13(20)17(5)15(4,9-18)11-7-6-10(16)8-12(11)19/h6-9,19H,1-5H3. The number of rotatable bonds is 3. The van der Waals surface area contributed by atoms with Crippen LogP contribution < -0.4 is 0 Å². The molecule has 1 N–H and O–H groups in total. The molecule has 0 aliphatic carbocycles. The number of phenols is 1. The second kappa shape index (κ2) is 5.93. The van der Waals surface area contributed by atoms with Crippen LogP contribution in [0, 0.1) is 0 Å². The molecule has 0 aliphatic heterocycles. The van der Waals surface area contributed by atoms with E-state index in [1.807, 2.05) is 0 Å². The number of hydrogen-bond donors (Lipinski definition) is 1. The van der Waals surface area contributed by atoms with Gasteiger partial charge in [0.25, 0.3) is 0 Å². The molecule has 0 bridgehead atoms. The number of nitrogens with zero attached hydrogens (tertiary/aromatic N) is 1. The van der Waals surface area contributed by atoms with Crippen LogP contribution in [0.3, 0.4) is 0 Å². The highest BCUT2D eigenvalue weighted by Gasteiger charge is 2.38. The maximum atomic E-state index is 12.2. The Balaban J connectivity index is 3.20. The minimum atomic E-state index is -1.36. The predicted octanol–water partition coefficient (Wildman–Crippen LogP) is 3.33. The summed E-state index contributed by atoms with van der Waals surface area (Å²) in [7, 11) is 1.44. The summed E-state index contributed by atoms with van der Waals surface area (Å²) in [5, 5.41) is 10.3. The Hall–Kier alpha value is -1.75. The van der Waals surface area contributed by atoms with Crippen molar-refractivity contribution < 1.29 is 19.4 Å². The Morgan fingerprint density at radius 2 is 1.90 bits per heavy atom. The molecule has 1 aromatic rings. The van der Waals surface area contributed by atoms with Crippen LogP contribution in [-0.2, 0) is 15.1 Å². The third-order valence-corrected chi connectivity index (χ3v) is 3.33. The van der Waals surface area contributed by atoms with Gasteiger partial charge in [-0.3, -0.25) is 4.90 Å². The number of carbonyl (C=O) groups is 2. The summed E-state index contributed by atoms with van der Waals surface area (Å²) in [4.78, 5) is 24.9. The van der Waals surface area contributed by atoms with E-state index in [-0.39, 0.29) is 11.3 Å². The molecule has 0 aliphatic rings. The van der Waals surface area contributed by atoms with Crippen LogP contribution in [0.1, 0.15) is 33.3 Å². The molecule has 1 unspecified atom stereocenters. The molecule has 0 radical (unpaired) electrons. The fraction of sp³-hybridized carbons (Fsp3) is 0.467. The van der Waals surface area contributed by atoms with Gasteiger partial charge >= 0.3 is 6.09 Å². The van der Waals surface area contributed by atoms with Crippen LogP contribution >= 0.6 is 11.6 Å². The van der Waals surface area contributed by atoms with Crippen LogP contribution in [0.15, 0.2) is 18.2 Å². The Morgan fingerprint density at radius 3 is 2.33 bits per heavy atom. The van der Waals surface area contributed by atoms with Crippen LogP contribution in [0.4, 0.5) is 4.79 Å². The Labute approximate surface area is 129 Å². The van der Waals surface area contributed by atoms with Crippen molar-refractivity contribution >= 4 is 24.0 Å². The molecule has 21 heavy (non-hydrogen) atoms. The number of likely N-dealkylation sites (N-methyl/N-ethyl adjacent to an activating group) is 1. The van der Waals surface area contributed by atoms with Crippen molar-refractivity contribution in [3.63, 3.8) is 0 Å². The van der Waals surface area contributed by atoms with E-state index in [4.69, 9.17) is 16.3 Å². The second-order valence-electron chi connectivity index (χ2n) is 5.97. The SMILES string of the molecule is CN(C(=O)OC(C)(C)C)C(C)(C=O)c1ccc(Cl)cc1O. The molecule has 1 rings (SSSR count). The smallest absolute Gasteiger partial charge is 0.411 e. The molecule has 5 nitrogen and oxygen atoms in total. The zero-order valence-electron chi connectivity index (χ0n) is 12.8. The Bertz CT molecular complexity index is 553. The third kappa shape index (κ3) is 3.88. The minimum Gasteiger partial charge on any atom is -0.508 e. The van der Waals surface area contributed by atoms with Crippen molar-refractivity contribution in [3.05, 3.63) is 28.8 Å². The molecule has 0 saturated heterocycles. The molecule has 1 atom stereocenters. The van der Waals surface area contributed by atoms with E-state index < -0.39 is 17.2 Å². The number of aldehydes is 1. The number of carbonyl (C=O) groups excluding carboxylic acids is 2. The van der Waals surface area contributed by atoms with Gasteiger partial charge in [0.15, 0.2) is 0 Å². The van der Waals surface area contributed by atoms with Gasteiger partial charge in [0.05, 0.1) is 0 Å². The molecule has 0 spiro atoms. The highest BCUT2D eigenvalue weighted by Crippen LogP contribution is 2.34. The summed E-state index contributed by atoms with van der Waals surface area (Å²) >= 11 is 5.79. The van der Waals surface area contributed by atoms with Crippen LogP contribution in [-0.4, -0.2) is 35.0 Å². The van der Waals surface area contributed by atoms with E-state index in [1.54, 1.807) is 26.8 Å². The summed E-state index contributed by atoms with van der Waals surface area (Å²) in [5.41, 5.74) is -1.77. The summed E-state index contributed by atoms with van der Waals surface area (Å²) in [5.74, 6) is -0.160. The summed E-state index contributed by atoms with van der Waals surface area (Å²) in [6.45, 7) is 6.72. The van der Waals surface area contributed by atoms with Gasteiger partial charge < -0.3 is 14.6 Å². The van der Waals surface area contributed by atoms with E-state index >= 15 is 0 Å². The first-order valence-corrected chi connectivity index (χ1v) is 6.81. The topological polar surface area (TPSA) is 66.8 Å². The Morgan fingerprint density at radius 1 is 1.33 bits per heavy atom. The monoisotopic (exact) mass is 313 g/mol. The molecule has 0 aromatic heterocycles. The number of phenolic OH excluding ortho intramolecular Hbond substituents is 1. The maximum Gasteiger partial charge on any atom is 0.411 e. The van der Waals surface area contributed by atoms with Crippen molar-refractivity contribution in [2.75, 3.05) is 7.05 Å². The molecule has 1 amide bonds. The first-order valence-electron chi connectivity index (χ1n) is 6.43. The summed E-state index contributed by atoms with van der Waals surface area (Å²) < 4.78 is 5.25. The second-order valence-corrected chi connectivity index (χ2v) is 6.40. The lowest BCUT2D eigenvalue weighted by Gasteiger charge is -2.36. The fourth-order valence-electron chi connectivity index (χ4n) is 1.78. The average molecular weight is 314 g/mol. The largest absolute Gasteiger partial charge is 0.508 e. The predicted molar refractivity (Wildman–Crippen MR) is 80.5 cm³/mol. The Kier molecular flexibility index (Phi) is 4.89. The van der Waals surface area contributed by atoms with Crippen LogP contribution in [0.2, 0.25) is 5.02 Å². The quantitative estimate of drug-likeness (QED) is 0.869. The number of aromatic hydroxyl groups is 1.